The molecule has 1 fully saturated rings. The molecule has 1 aromatic carbocycles. The van der Waals surface area contributed by atoms with Gasteiger partial charge >= 0.3 is 0 Å². The van der Waals surface area contributed by atoms with Gasteiger partial charge in [0.1, 0.15) is 5.75 Å². The number of hydrogen-bond donors (Lipinski definition) is 0. The molecule has 1 nitrogen and oxygen atoms in total. The van der Waals surface area contributed by atoms with Crippen molar-refractivity contribution < 1.29 is 4.74 Å². The first-order chi connectivity index (χ1) is 6.77. The molecular formula is C12H15BrO. The molecule has 0 radical (unpaired) electrons. The summed E-state index contributed by atoms with van der Waals surface area (Å²) in [7, 11) is 0. The summed E-state index contributed by atoms with van der Waals surface area (Å²) in [6, 6.07) is 8.03. The van der Waals surface area contributed by atoms with Crippen LogP contribution < -0.4 is 4.74 Å². The summed E-state index contributed by atoms with van der Waals surface area (Å²) in [5, 5.41) is 0. The van der Waals surface area contributed by atoms with Crippen molar-refractivity contribution in [2.24, 2.45) is 11.8 Å². The lowest BCUT2D eigenvalue weighted by Crippen LogP contribution is -2.28. The molecule has 1 aliphatic carbocycles. The highest BCUT2D eigenvalue weighted by Gasteiger charge is 2.27. The van der Waals surface area contributed by atoms with E-state index in [2.05, 4.69) is 22.9 Å². The highest BCUT2D eigenvalue weighted by Crippen LogP contribution is 2.34. The molecule has 1 saturated carbocycles. The Hall–Kier alpha value is -0.500. The minimum atomic E-state index is 0.766. The van der Waals surface area contributed by atoms with Crippen LogP contribution in [0, 0.1) is 11.8 Å². The van der Waals surface area contributed by atoms with Crippen LogP contribution in [0.1, 0.15) is 19.8 Å². The lowest BCUT2D eigenvalue weighted by molar-refractivity contribution is 0.116. The first-order valence-electron chi connectivity index (χ1n) is 5.14. The van der Waals surface area contributed by atoms with E-state index in [0.717, 1.165) is 28.7 Å². The molecule has 14 heavy (non-hydrogen) atoms. The molecule has 76 valence electrons. The minimum absolute atomic E-state index is 0.766. The number of para-hydroxylation sites is 1. The van der Waals surface area contributed by atoms with Crippen LogP contribution in [0.15, 0.2) is 28.7 Å². The second kappa shape index (κ2) is 4.35. The molecule has 2 atom stereocenters. The normalized spacial score (nSPS) is 25.6. The summed E-state index contributed by atoms with van der Waals surface area (Å²) in [6.07, 6.45) is 2.69. The number of halogens is 1. The zero-order valence-electron chi connectivity index (χ0n) is 8.37. The molecule has 0 aliphatic heterocycles. The summed E-state index contributed by atoms with van der Waals surface area (Å²) >= 11 is 3.48. The van der Waals surface area contributed by atoms with E-state index in [1.54, 1.807) is 0 Å². The Balaban J connectivity index is 1.88. The maximum atomic E-state index is 5.76. The standard InChI is InChI=1S/C12H15BrO/c1-9-6-7-10(9)8-14-12-5-3-2-4-11(12)13/h2-5,9-10H,6-8H2,1H3/t9-,10+/m1/s1. The quantitative estimate of drug-likeness (QED) is 0.796. The molecule has 2 rings (SSSR count). The molecule has 0 amide bonds. The summed E-state index contributed by atoms with van der Waals surface area (Å²) in [5.41, 5.74) is 0. The van der Waals surface area contributed by atoms with Crippen molar-refractivity contribution >= 4 is 15.9 Å². The van der Waals surface area contributed by atoms with Crippen LogP contribution >= 0.6 is 15.9 Å². The molecule has 0 N–H and O–H groups in total. The topological polar surface area (TPSA) is 9.23 Å². The smallest absolute Gasteiger partial charge is 0.133 e. The Kier molecular flexibility index (Phi) is 3.12. The molecule has 0 spiro atoms. The van der Waals surface area contributed by atoms with Crippen molar-refractivity contribution in [1.82, 2.24) is 0 Å². The molecule has 0 bridgehead atoms. The average molecular weight is 255 g/mol. The van der Waals surface area contributed by atoms with E-state index < -0.39 is 0 Å². The highest BCUT2D eigenvalue weighted by molar-refractivity contribution is 9.10. The monoisotopic (exact) mass is 254 g/mol. The van der Waals surface area contributed by atoms with Gasteiger partial charge in [0.05, 0.1) is 11.1 Å². The van der Waals surface area contributed by atoms with Gasteiger partial charge < -0.3 is 4.74 Å². The van der Waals surface area contributed by atoms with Crippen molar-refractivity contribution in [3.63, 3.8) is 0 Å². The molecule has 1 aromatic rings. The highest BCUT2D eigenvalue weighted by atomic mass is 79.9. The van der Waals surface area contributed by atoms with Crippen molar-refractivity contribution in [2.75, 3.05) is 6.61 Å². The summed E-state index contributed by atoms with van der Waals surface area (Å²) in [6.45, 7) is 3.17. The van der Waals surface area contributed by atoms with Gasteiger partial charge in [-0.15, -0.1) is 0 Å². The third kappa shape index (κ3) is 2.11. The van der Waals surface area contributed by atoms with Gasteiger partial charge in [-0.2, -0.15) is 0 Å². The van der Waals surface area contributed by atoms with Gasteiger partial charge in [0, 0.05) is 0 Å². The average Bonchev–Trinajstić information content (AvgIpc) is 2.19. The zero-order valence-corrected chi connectivity index (χ0v) is 9.96. The molecular weight excluding hydrogens is 240 g/mol. The fourth-order valence-corrected chi connectivity index (χ4v) is 2.14. The second-order valence-electron chi connectivity index (χ2n) is 4.06. The van der Waals surface area contributed by atoms with Gasteiger partial charge in [-0.1, -0.05) is 19.1 Å². The van der Waals surface area contributed by atoms with Crippen LogP contribution in [-0.4, -0.2) is 6.61 Å². The molecule has 2 heteroatoms. The predicted molar refractivity (Wildman–Crippen MR) is 61.5 cm³/mol. The molecule has 1 aliphatic rings. The van der Waals surface area contributed by atoms with E-state index in [4.69, 9.17) is 4.74 Å². The first-order valence-corrected chi connectivity index (χ1v) is 5.94. The number of rotatable bonds is 3. The lowest BCUT2D eigenvalue weighted by Gasteiger charge is -2.33. The van der Waals surface area contributed by atoms with E-state index in [-0.39, 0.29) is 0 Å². The van der Waals surface area contributed by atoms with Crippen LogP contribution in [-0.2, 0) is 0 Å². The van der Waals surface area contributed by atoms with Crippen LogP contribution in [0.4, 0.5) is 0 Å². The maximum Gasteiger partial charge on any atom is 0.133 e. The Morgan fingerprint density at radius 2 is 2.14 bits per heavy atom. The van der Waals surface area contributed by atoms with Crippen LogP contribution in [0.2, 0.25) is 0 Å². The van der Waals surface area contributed by atoms with Crippen LogP contribution in [0.25, 0.3) is 0 Å². The van der Waals surface area contributed by atoms with E-state index in [1.807, 2.05) is 24.3 Å². The van der Waals surface area contributed by atoms with Gasteiger partial charge in [-0.3, -0.25) is 0 Å². The number of hydrogen-bond acceptors (Lipinski definition) is 1. The number of benzene rings is 1. The molecule has 0 saturated heterocycles. The van der Waals surface area contributed by atoms with Gasteiger partial charge in [0.2, 0.25) is 0 Å². The van der Waals surface area contributed by atoms with Crippen LogP contribution in [0.3, 0.4) is 0 Å². The van der Waals surface area contributed by atoms with Gasteiger partial charge in [0.15, 0.2) is 0 Å². The first kappa shape index (κ1) is 10.0. The van der Waals surface area contributed by atoms with E-state index >= 15 is 0 Å². The molecule has 0 heterocycles. The Labute approximate surface area is 93.6 Å². The van der Waals surface area contributed by atoms with Gasteiger partial charge in [-0.05, 0) is 52.7 Å². The predicted octanol–water partition coefficient (Wildman–Crippen LogP) is 3.87. The lowest BCUT2D eigenvalue weighted by atomic mass is 9.75. The Morgan fingerprint density at radius 3 is 2.71 bits per heavy atom. The van der Waals surface area contributed by atoms with E-state index in [1.165, 1.54) is 12.8 Å². The van der Waals surface area contributed by atoms with Crippen molar-refractivity contribution in [3.8, 4) is 5.75 Å². The van der Waals surface area contributed by atoms with Gasteiger partial charge in [-0.25, -0.2) is 0 Å². The molecule has 0 unspecified atom stereocenters. The maximum absolute atomic E-state index is 5.76. The largest absolute Gasteiger partial charge is 0.492 e. The SMILES string of the molecule is C[C@@H]1CC[C@H]1COc1ccccc1Br. The van der Waals surface area contributed by atoms with Crippen molar-refractivity contribution in [3.05, 3.63) is 28.7 Å². The minimum Gasteiger partial charge on any atom is -0.492 e. The fourth-order valence-electron chi connectivity index (χ4n) is 1.74. The molecule has 0 aromatic heterocycles. The van der Waals surface area contributed by atoms with E-state index in [9.17, 15) is 0 Å². The Bertz CT molecular complexity index is 311. The summed E-state index contributed by atoms with van der Waals surface area (Å²) < 4.78 is 6.81. The third-order valence-electron chi connectivity index (χ3n) is 3.09. The Morgan fingerprint density at radius 1 is 1.36 bits per heavy atom. The third-order valence-corrected chi connectivity index (χ3v) is 3.74. The van der Waals surface area contributed by atoms with Crippen molar-refractivity contribution in [2.45, 2.75) is 19.8 Å². The fraction of sp³-hybridized carbons (Fsp3) is 0.500. The summed E-state index contributed by atoms with van der Waals surface area (Å²) in [5.74, 6) is 2.58. The van der Waals surface area contributed by atoms with Crippen LogP contribution in [0.5, 0.6) is 5.75 Å². The van der Waals surface area contributed by atoms with Crippen molar-refractivity contribution in [1.29, 1.82) is 0 Å². The van der Waals surface area contributed by atoms with E-state index in [0.29, 0.717) is 0 Å². The summed E-state index contributed by atoms with van der Waals surface area (Å²) in [4.78, 5) is 0. The zero-order chi connectivity index (χ0) is 9.97. The second-order valence-corrected chi connectivity index (χ2v) is 4.91. The number of ether oxygens (including phenoxy) is 1. The van der Waals surface area contributed by atoms with Gasteiger partial charge in [0.25, 0.3) is 0 Å².